The number of rotatable bonds is 7. The molecule has 2 aromatic carbocycles. The lowest BCUT2D eigenvalue weighted by atomic mass is 10.1. The number of amides is 1. The van der Waals surface area contributed by atoms with Crippen molar-refractivity contribution in [1.82, 2.24) is 4.98 Å². The monoisotopic (exact) mass is 345 g/mol. The molecule has 132 valence electrons. The standard InChI is InChI=1S/C22H23N3O/c1-2-25(20-11-7-4-8-12-20)22(26)21-14-13-19(17-24-21)23-16-15-18-9-5-3-6-10-18/h3-14,17,23H,2,15-16H2,1H3. The van der Waals surface area contributed by atoms with E-state index >= 15 is 0 Å². The highest BCUT2D eigenvalue weighted by Gasteiger charge is 2.16. The number of hydrogen-bond acceptors (Lipinski definition) is 3. The summed E-state index contributed by atoms with van der Waals surface area (Å²) >= 11 is 0. The molecule has 3 aromatic rings. The van der Waals surface area contributed by atoms with E-state index in [4.69, 9.17) is 0 Å². The van der Waals surface area contributed by atoms with Crippen molar-refractivity contribution in [3.8, 4) is 0 Å². The van der Waals surface area contributed by atoms with Gasteiger partial charge in [-0.25, -0.2) is 4.98 Å². The van der Waals surface area contributed by atoms with E-state index in [0.717, 1.165) is 24.3 Å². The van der Waals surface area contributed by atoms with Crippen LogP contribution in [0.2, 0.25) is 0 Å². The fourth-order valence-electron chi connectivity index (χ4n) is 2.81. The van der Waals surface area contributed by atoms with Gasteiger partial charge in [-0.2, -0.15) is 0 Å². The summed E-state index contributed by atoms with van der Waals surface area (Å²) in [7, 11) is 0. The topological polar surface area (TPSA) is 45.2 Å². The van der Waals surface area contributed by atoms with E-state index in [9.17, 15) is 4.79 Å². The number of para-hydroxylation sites is 1. The van der Waals surface area contributed by atoms with E-state index < -0.39 is 0 Å². The van der Waals surface area contributed by atoms with Gasteiger partial charge >= 0.3 is 0 Å². The summed E-state index contributed by atoms with van der Waals surface area (Å²) < 4.78 is 0. The van der Waals surface area contributed by atoms with E-state index in [1.807, 2.05) is 61.5 Å². The summed E-state index contributed by atoms with van der Waals surface area (Å²) in [6, 6.07) is 23.7. The minimum Gasteiger partial charge on any atom is -0.383 e. The molecule has 0 fully saturated rings. The Morgan fingerprint density at radius 2 is 1.65 bits per heavy atom. The van der Waals surface area contributed by atoms with Gasteiger partial charge in [0.1, 0.15) is 5.69 Å². The molecule has 4 heteroatoms. The molecule has 1 aromatic heterocycles. The van der Waals surface area contributed by atoms with Crippen molar-refractivity contribution in [1.29, 1.82) is 0 Å². The molecule has 0 saturated carbocycles. The normalized spacial score (nSPS) is 10.3. The second-order valence-corrected chi connectivity index (χ2v) is 5.98. The Kier molecular flexibility index (Phi) is 5.99. The van der Waals surface area contributed by atoms with E-state index in [-0.39, 0.29) is 5.91 Å². The Hall–Kier alpha value is -3.14. The molecule has 3 rings (SSSR count). The molecule has 0 atom stereocenters. The highest BCUT2D eigenvalue weighted by Crippen LogP contribution is 2.16. The van der Waals surface area contributed by atoms with Gasteiger partial charge in [0.25, 0.3) is 5.91 Å². The van der Waals surface area contributed by atoms with Crippen LogP contribution < -0.4 is 10.2 Å². The minimum atomic E-state index is -0.0884. The maximum absolute atomic E-state index is 12.7. The largest absolute Gasteiger partial charge is 0.383 e. The summed E-state index contributed by atoms with van der Waals surface area (Å²) in [6.45, 7) is 3.39. The Balaban J connectivity index is 1.60. The number of nitrogens with one attached hydrogen (secondary N) is 1. The Labute approximate surface area is 154 Å². The van der Waals surface area contributed by atoms with Crippen LogP contribution in [0.3, 0.4) is 0 Å². The van der Waals surface area contributed by atoms with Crippen molar-refractivity contribution < 1.29 is 4.79 Å². The lowest BCUT2D eigenvalue weighted by molar-refractivity contribution is 0.0983. The van der Waals surface area contributed by atoms with Crippen molar-refractivity contribution in [2.75, 3.05) is 23.3 Å². The van der Waals surface area contributed by atoms with Crippen molar-refractivity contribution in [2.24, 2.45) is 0 Å². The van der Waals surface area contributed by atoms with Crippen molar-refractivity contribution in [2.45, 2.75) is 13.3 Å². The van der Waals surface area contributed by atoms with Crippen LogP contribution in [0.25, 0.3) is 0 Å². The van der Waals surface area contributed by atoms with Crippen molar-refractivity contribution >= 4 is 17.3 Å². The molecule has 4 nitrogen and oxygen atoms in total. The first kappa shape index (κ1) is 17.7. The number of pyridine rings is 1. The van der Waals surface area contributed by atoms with Crippen LogP contribution in [0.4, 0.5) is 11.4 Å². The van der Waals surface area contributed by atoms with E-state index in [1.54, 1.807) is 17.2 Å². The number of benzene rings is 2. The molecule has 0 spiro atoms. The van der Waals surface area contributed by atoms with Crippen LogP contribution in [0.5, 0.6) is 0 Å². The predicted molar refractivity (Wildman–Crippen MR) is 107 cm³/mol. The predicted octanol–water partition coefficient (Wildman–Crippen LogP) is 4.40. The molecule has 1 N–H and O–H groups in total. The average Bonchev–Trinajstić information content (AvgIpc) is 2.71. The van der Waals surface area contributed by atoms with Crippen LogP contribution in [0, 0.1) is 0 Å². The number of aromatic nitrogens is 1. The highest BCUT2D eigenvalue weighted by molar-refractivity contribution is 6.04. The molecule has 26 heavy (non-hydrogen) atoms. The second-order valence-electron chi connectivity index (χ2n) is 5.98. The summed E-state index contributed by atoms with van der Waals surface area (Å²) in [5, 5.41) is 3.35. The molecule has 0 aliphatic rings. The van der Waals surface area contributed by atoms with E-state index in [2.05, 4.69) is 22.4 Å². The maximum Gasteiger partial charge on any atom is 0.276 e. The van der Waals surface area contributed by atoms with Gasteiger partial charge < -0.3 is 10.2 Å². The van der Waals surface area contributed by atoms with Gasteiger partial charge in [-0.1, -0.05) is 48.5 Å². The van der Waals surface area contributed by atoms with Crippen LogP contribution >= 0.6 is 0 Å². The zero-order valence-corrected chi connectivity index (χ0v) is 14.9. The summed E-state index contributed by atoms with van der Waals surface area (Å²) in [6.07, 6.45) is 2.66. The number of anilines is 2. The molecule has 1 amide bonds. The van der Waals surface area contributed by atoms with Crippen LogP contribution in [-0.4, -0.2) is 24.0 Å². The fraction of sp³-hybridized carbons (Fsp3) is 0.182. The van der Waals surface area contributed by atoms with Crippen molar-refractivity contribution in [3.05, 3.63) is 90.3 Å². The zero-order valence-electron chi connectivity index (χ0n) is 14.9. The van der Waals surface area contributed by atoms with Gasteiger partial charge in [0.05, 0.1) is 11.9 Å². The zero-order chi connectivity index (χ0) is 18.2. The Morgan fingerprint density at radius 3 is 2.27 bits per heavy atom. The number of carbonyl (C=O) groups is 1. The van der Waals surface area contributed by atoms with E-state index in [1.165, 1.54) is 5.56 Å². The third-order valence-electron chi connectivity index (χ3n) is 4.20. The summed E-state index contributed by atoms with van der Waals surface area (Å²) in [5.41, 5.74) is 3.54. The highest BCUT2D eigenvalue weighted by atomic mass is 16.2. The SMILES string of the molecule is CCN(C(=O)c1ccc(NCCc2ccccc2)cn1)c1ccccc1. The molecule has 0 radical (unpaired) electrons. The van der Waals surface area contributed by atoms with E-state index in [0.29, 0.717) is 12.2 Å². The van der Waals surface area contributed by atoms with Crippen LogP contribution in [0.15, 0.2) is 79.0 Å². The van der Waals surface area contributed by atoms with Gasteiger partial charge in [0.2, 0.25) is 0 Å². The van der Waals surface area contributed by atoms with Gasteiger partial charge in [-0.05, 0) is 43.2 Å². The molecule has 1 heterocycles. The first-order valence-electron chi connectivity index (χ1n) is 8.88. The lowest BCUT2D eigenvalue weighted by Crippen LogP contribution is -2.31. The average molecular weight is 345 g/mol. The molecular formula is C22H23N3O. The van der Waals surface area contributed by atoms with Crippen molar-refractivity contribution in [3.63, 3.8) is 0 Å². The first-order chi connectivity index (χ1) is 12.8. The minimum absolute atomic E-state index is 0.0884. The van der Waals surface area contributed by atoms with Gasteiger partial charge in [0.15, 0.2) is 0 Å². The van der Waals surface area contributed by atoms with Crippen LogP contribution in [-0.2, 0) is 6.42 Å². The number of hydrogen-bond donors (Lipinski definition) is 1. The third kappa shape index (κ3) is 4.48. The van der Waals surface area contributed by atoms with Gasteiger partial charge in [-0.15, -0.1) is 0 Å². The molecule has 0 bridgehead atoms. The molecular weight excluding hydrogens is 322 g/mol. The third-order valence-corrected chi connectivity index (χ3v) is 4.20. The molecule has 0 unspecified atom stereocenters. The Morgan fingerprint density at radius 1 is 0.962 bits per heavy atom. The summed E-state index contributed by atoms with van der Waals surface area (Å²) in [4.78, 5) is 18.8. The van der Waals surface area contributed by atoms with Gasteiger partial charge in [-0.3, -0.25) is 4.79 Å². The maximum atomic E-state index is 12.7. The molecule has 0 aliphatic heterocycles. The molecule has 0 saturated heterocycles. The first-order valence-corrected chi connectivity index (χ1v) is 8.88. The van der Waals surface area contributed by atoms with Crippen LogP contribution in [0.1, 0.15) is 23.0 Å². The van der Waals surface area contributed by atoms with Gasteiger partial charge in [0, 0.05) is 18.8 Å². The quantitative estimate of drug-likeness (QED) is 0.690. The Bertz CT molecular complexity index is 817. The fourth-order valence-corrected chi connectivity index (χ4v) is 2.81. The number of nitrogens with zero attached hydrogens (tertiary/aromatic N) is 2. The smallest absolute Gasteiger partial charge is 0.276 e. The molecule has 0 aliphatic carbocycles. The number of carbonyl (C=O) groups excluding carboxylic acids is 1. The summed E-state index contributed by atoms with van der Waals surface area (Å²) in [5.74, 6) is -0.0884. The second kappa shape index (κ2) is 8.81. The lowest BCUT2D eigenvalue weighted by Gasteiger charge is -2.20.